The number of carbonyl (C=O) groups is 1. The van der Waals surface area contributed by atoms with Crippen molar-refractivity contribution in [2.24, 2.45) is 4.99 Å². The van der Waals surface area contributed by atoms with Crippen molar-refractivity contribution in [3.8, 4) is 0 Å². The molecule has 2 aromatic rings. The van der Waals surface area contributed by atoms with E-state index in [1.165, 1.54) is 18.2 Å². The van der Waals surface area contributed by atoms with Gasteiger partial charge in [-0.15, -0.1) is 0 Å². The first kappa shape index (κ1) is 14.7. The van der Waals surface area contributed by atoms with Gasteiger partial charge >= 0.3 is 0 Å². The second-order valence-electron chi connectivity index (χ2n) is 4.96. The standard InChI is InChI=1S/C16H14N4O3/c21-16(13-3-1-2-4-14(13)20(22)23)19-12-7-5-11(6-8-12)15-17-9-10-18-15/h1-8H,9-10H2,(H,17,18)(H,19,21). The zero-order valence-electron chi connectivity index (χ0n) is 12.2. The maximum absolute atomic E-state index is 12.2. The third-order valence-corrected chi connectivity index (χ3v) is 3.44. The van der Waals surface area contributed by atoms with Crippen molar-refractivity contribution in [2.45, 2.75) is 0 Å². The summed E-state index contributed by atoms with van der Waals surface area (Å²) >= 11 is 0. The summed E-state index contributed by atoms with van der Waals surface area (Å²) in [7, 11) is 0. The summed E-state index contributed by atoms with van der Waals surface area (Å²) in [5.41, 5.74) is 1.32. The second kappa shape index (κ2) is 6.27. The number of rotatable bonds is 4. The molecule has 2 N–H and O–H groups in total. The zero-order valence-corrected chi connectivity index (χ0v) is 12.2. The van der Waals surface area contributed by atoms with Crippen molar-refractivity contribution in [3.63, 3.8) is 0 Å². The summed E-state index contributed by atoms with van der Waals surface area (Å²) in [4.78, 5) is 27.0. The molecule has 1 aliphatic heterocycles. The molecule has 2 aromatic carbocycles. The summed E-state index contributed by atoms with van der Waals surface area (Å²) in [5.74, 6) is 0.322. The highest BCUT2D eigenvalue weighted by Crippen LogP contribution is 2.19. The summed E-state index contributed by atoms with van der Waals surface area (Å²) in [5, 5.41) is 16.8. The summed E-state index contributed by atoms with van der Waals surface area (Å²) < 4.78 is 0. The Bertz CT molecular complexity index is 784. The molecule has 1 amide bonds. The molecular formula is C16H14N4O3. The van der Waals surface area contributed by atoms with E-state index in [0.717, 1.165) is 24.5 Å². The topological polar surface area (TPSA) is 96.6 Å². The number of aliphatic imine (C=N–C) groups is 1. The van der Waals surface area contributed by atoms with Crippen LogP contribution in [0.15, 0.2) is 53.5 Å². The average molecular weight is 310 g/mol. The van der Waals surface area contributed by atoms with Crippen LogP contribution in [0.1, 0.15) is 15.9 Å². The molecule has 116 valence electrons. The summed E-state index contributed by atoms with van der Waals surface area (Å²) in [6.45, 7) is 1.58. The van der Waals surface area contributed by atoms with E-state index in [4.69, 9.17) is 0 Å². The molecular weight excluding hydrogens is 296 g/mol. The highest BCUT2D eigenvalue weighted by molar-refractivity contribution is 6.07. The number of hydrogen-bond donors (Lipinski definition) is 2. The molecule has 7 nitrogen and oxygen atoms in total. The number of nitrogens with zero attached hydrogens (tertiary/aromatic N) is 2. The summed E-state index contributed by atoms with van der Waals surface area (Å²) in [6, 6.07) is 13.0. The fourth-order valence-electron chi connectivity index (χ4n) is 2.33. The van der Waals surface area contributed by atoms with E-state index in [2.05, 4.69) is 15.6 Å². The number of anilines is 1. The Hall–Kier alpha value is -3.22. The van der Waals surface area contributed by atoms with Crippen LogP contribution >= 0.6 is 0 Å². The number of carbonyl (C=O) groups excluding carboxylic acids is 1. The van der Waals surface area contributed by atoms with Crippen molar-refractivity contribution in [3.05, 3.63) is 69.8 Å². The highest BCUT2D eigenvalue weighted by Gasteiger charge is 2.19. The largest absolute Gasteiger partial charge is 0.368 e. The molecule has 1 aliphatic rings. The maximum Gasteiger partial charge on any atom is 0.282 e. The Morgan fingerprint density at radius 3 is 2.57 bits per heavy atom. The SMILES string of the molecule is O=C(Nc1ccc(C2=NCCN2)cc1)c1ccccc1[N+](=O)[O-]. The normalized spacial score (nSPS) is 13.1. The predicted octanol–water partition coefficient (Wildman–Crippen LogP) is 2.20. The van der Waals surface area contributed by atoms with Crippen LogP contribution in [0, 0.1) is 10.1 Å². The molecule has 0 unspecified atom stereocenters. The molecule has 1 heterocycles. The van der Waals surface area contributed by atoms with Crippen LogP contribution in [0.4, 0.5) is 11.4 Å². The molecule has 3 rings (SSSR count). The molecule has 0 radical (unpaired) electrons. The lowest BCUT2D eigenvalue weighted by Gasteiger charge is -2.07. The van der Waals surface area contributed by atoms with Crippen molar-refractivity contribution in [2.75, 3.05) is 18.4 Å². The molecule has 0 saturated heterocycles. The van der Waals surface area contributed by atoms with E-state index in [1.54, 1.807) is 18.2 Å². The number of nitro groups is 1. The van der Waals surface area contributed by atoms with E-state index in [9.17, 15) is 14.9 Å². The van der Waals surface area contributed by atoms with Gasteiger partial charge in [0.2, 0.25) is 0 Å². The van der Waals surface area contributed by atoms with E-state index in [-0.39, 0.29) is 11.3 Å². The minimum atomic E-state index is -0.568. The number of amides is 1. The lowest BCUT2D eigenvalue weighted by atomic mass is 10.1. The summed E-state index contributed by atoms with van der Waals surface area (Å²) in [6.07, 6.45) is 0. The van der Waals surface area contributed by atoms with Gasteiger partial charge in [-0.2, -0.15) is 0 Å². The van der Waals surface area contributed by atoms with E-state index < -0.39 is 10.8 Å². The Labute approximate surface area is 132 Å². The van der Waals surface area contributed by atoms with Crippen LogP contribution < -0.4 is 10.6 Å². The number of benzene rings is 2. The highest BCUT2D eigenvalue weighted by atomic mass is 16.6. The lowest BCUT2D eigenvalue weighted by Crippen LogP contribution is -2.19. The number of hydrogen-bond acceptors (Lipinski definition) is 5. The van der Waals surface area contributed by atoms with Gasteiger partial charge in [-0.05, 0) is 30.3 Å². The van der Waals surface area contributed by atoms with Gasteiger partial charge in [-0.1, -0.05) is 12.1 Å². The fourth-order valence-corrected chi connectivity index (χ4v) is 2.33. The number of nitrogens with one attached hydrogen (secondary N) is 2. The van der Waals surface area contributed by atoms with E-state index in [1.807, 2.05) is 12.1 Å². The van der Waals surface area contributed by atoms with Gasteiger partial charge in [0.1, 0.15) is 11.4 Å². The number of nitro benzene ring substituents is 1. The van der Waals surface area contributed by atoms with Crippen LogP contribution in [0.3, 0.4) is 0 Å². The molecule has 0 saturated carbocycles. The van der Waals surface area contributed by atoms with Gasteiger partial charge in [0.25, 0.3) is 11.6 Å². The van der Waals surface area contributed by atoms with Gasteiger partial charge in [0, 0.05) is 23.9 Å². The van der Waals surface area contributed by atoms with E-state index >= 15 is 0 Å². The first-order valence-electron chi connectivity index (χ1n) is 7.08. The molecule has 0 atom stereocenters. The van der Waals surface area contributed by atoms with Crippen molar-refractivity contribution >= 4 is 23.1 Å². The lowest BCUT2D eigenvalue weighted by molar-refractivity contribution is -0.385. The van der Waals surface area contributed by atoms with Crippen molar-refractivity contribution < 1.29 is 9.72 Å². The molecule has 0 aromatic heterocycles. The first-order valence-corrected chi connectivity index (χ1v) is 7.08. The molecule has 0 spiro atoms. The minimum absolute atomic E-state index is 0.0309. The molecule has 7 heteroatoms. The Kier molecular flexibility index (Phi) is 4.01. The quantitative estimate of drug-likeness (QED) is 0.668. The monoisotopic (exact) mass is 310 g/mol. The Balaban J connectivity index is 1.77. The second-order valence-corrected chi connectivity index (χ2v) is 4.96. The first-order chi connectivity index (χ1) is 11.1. The van der Waals surface area contributed by atoms with Crippen molar-refractivity contribution in [1.29, 1.82) is 0 Å². The fraction of sp³-hybridized carbons (Fsp3) is 0.125. The van der Waals surface area contributed by atoms with E-state index in [0.29, 0.717) is 5.69 Å². The van der Waals surface area contributed by atoms with Crippen LogP contribution in [-0.4, -0.2) is 29.8 Å². The molecule has 0 bridgehead atoms. The van der Waals surface area contributed by atoms with Crippen LogP contribution in [0.2, 0.25) is 0 Å². The average Bonchev–Trinajstić information content (AvgIpc) is 3.10. The van der Waals surface area contributed by atoms with Gasteiger partial charge in [0.05, 0.1) is 11.5 Å². The third-order valence-electron chi connectivity index (χ3n) is 3.44. The maximum atomic E-state index is 12.2. The van der Waals surface area contributed by atoms with Gasteiger partial charge in [-0.25, -0.2) is 0 Å². The third kappa shape index (κ3) is 3.18. The molecule has 0 fully saturated rings. The number of para-hydroxylation sites is 1. The van der Waals surface area contributed by atoms with Gasteiger partial charge < -0.3 is 10.6 Å². The van der Waals surface area contributed by atoms with Crippen LogP contribution in [0.5, 0.6) is 0 Å². The smallest absolute Gasteiger partial charge is 0.282 e. The van der Waals surface area contributed by atoms with Crippen molar-refractivity contribution in [1.82, 2.24) is 5.32 Å². The predicted molar refractivity (Wildman–Crippen MR) is 86.9 cm³/mol. The number of amidine groups is 1. The Morgan fingerprint density at radius 2 is 1.91 bits per heavy atom. The molecule has 0 aliphatic carbocycles. The van der Waals surface area contributed by atoms with Crippen LogP contribution in [-0.2, 0) is 0 Å². The Morgan fingerprint density at radius 1 is 1.17 bits per heavy atom. The van der Waals surface area contributed by atoms with Gasteiger partial charge in [0.15, 0.2) is 0 Å². The van der Waals surface area contributed by atoms with Crippen LogP contribution in [0.25, 0.3) is 0 Å². The van der Waals surface area contributed by atoms with Gasteiger partial charge in [-0.3, -0.25) is 19.9 Å². The minimum Gasteiger partial charge on any atom is -0.368 e. The zero-order chi connectivity index (χ0) is 16.2. The molecule has 23 heavy (non-hydrogen) atoms.